The van der Waals surface area contributed by atoms with Gasteiger partial charge < -0.3 is 15.5 Å². The molecule has 0 aromatic heterocycles. The van der Waals surface area contributed by atoms with Crippen LogP contribution in [0.15, 0.2) is 60.2 Å². The number of rotatable bonds is 8. The molecule has 3 N–H and O–H groups in total. The first kappa shape index (κ1) is 25.7. The van der Waals surface area contributed by atoms with Crippen LogP contribution >= 0.6 is 0 Å². The number of piperidine rings is 1. The lowest BCUT2D eigenvalue weighted by Crippen LogP contribution is -2.35. The zero-order chi connectivity index (χ0) is 23.3. The fourth-order valence-electron chi connectivity index (χ4n) is 3.47. The van der Waals surface area contributed by atoms with Gasteiger partial charge in [-0.15, -0.1) is 0 Å². The van der Waals surface area contributed by atoms with Crippen LogP contribution in [-0.2, 0) is 11.4 Å². The molecule has 5 nitrogen and oxygen atoms in total. The second kappa shape index (κ2) is 13.8. The molecule has 2 aliphatic heterocycles. The highest BCUT2D eigenvalue weighted by Gasteiger charge is 2.17. The summed E-state index contributed by atoms with van der Waals surface area (Å²) in [6.07, 6.45) is 13.0. The third-order valence-corrected chi connectivity index (χ3v) is 5.22. The highest BCUT2D eigenvalue weighted by atomic mass is 19.1. The molecule has 32 heavy (non-hydrogen) atoms. The van der Waals surface area contributed by atoms with Crippen LogP contribution in [0.5, 0.6) is 0 Å². The van der Waals surface area contributed by atoms with Gasteiger partial charge in [-0.05, 0) is 58.3 Å². The Balaban J connectivity index is 0.00000176. The molecule has 0 atom stereocenters. The summed E-state index contributed by atoms with van der Waals surface area (Å²) >= 11 is 0. The van der Waals surface area contributed by atoms with Gasteiger partial charge >= 0.3 is 0 Å². The number of hydrogen-bond acceptors (Lipinski definition) is 5. The van der Waals surface area contributed by atoms with Crippen molar-refractivity contribution in [2.24, 2.45) is 0 Å². The van der Waals surface area contributed by atoms with E-state index in [4.69, 9.17) is 4.84 Å². The smallest absolute Gasteiger partial charge is 0.128 e. The number of nitrogens with one attached hydrogen (secondary N) is 3. The third kappa shape index (κ3) is 7.53. The molecule has 1 saturated heterocycles. The first-order chi connectivity index (χ1) is 15.6. The van der Waals surface area contributed by atoms with Crippen molar-refractivity contribution >= 4 is 5.70 Å². The Hall–Kier alpha value is -2.57. The highest BCUT2D eigenvalue weighted by molar-refractivity contribution is 5.66. The third-order valence-electron chi connectivity index (χ3n) is 5.22. The van der Waals surface area contributed by atoms with Crippen molar-refractivity contribution in [3.05, 3.63) is 77.2 Å². The number of hydroxylamine groups is 1. The number of allylic oxidation sites excluding steroid dienone is 4. The van der Waals surface area contributed by atoms with Gasteiger partial charge in [0.1, 0.15) is 11.6 Å². The zero-order valence-electron chi connectivity index (χ0n) is 20.2. The van der Waals surface area contributed by atoms with Crippen LogP contribution in [0.4, 0.5) is 4.39 Å². The molecule has 3 rings (SSSR count). The lowest BCUT2D eigenvalue weighted by molar-refractivity contribution is -0.0118. The van der Waals surface area contributed by atoms with Gasteiger partial charge in [-0.2, -0.15) is 0 Å². The van der Waals surface area contributed by atoms with Crippen LogP contribution in [-0.4, -0.2) is 24.1 Å². The van der Waals surface area contributed by atoms with E-state index in [0.717, 1.165) is 55.0 Å². The summed E-state index contributed by atoms with van der Waals surface area (Å²) in [7, 11) is 0. The minimum atomic E-state index is -0.223. The molecule has 0 radical (unpaired) electrons. The molecular formula is C26H39FN4O. The fourth-order valence-corrected chi connectivity index (χ4v) is 3.47. The predicted molar refractivity (Wildman–Crippen MR) is 131 cm³/mol. The molecule has 1 aromatic carbocycles. The Morgan fingerprint density at radius 1 is 1.25 bits per heavy atom. The van der Waals surface area contributed by atoms with Gasteiger partial charge in [0, 0.05) is 23.5 Å². The SMILES string of the molecule is CC.CC/C=C/C=C1\NC=CN1Cc1ccc(C(NOC2CCNCC2)=C(C)C)cc1F. The van der Waals surface area contributed by atoms with Crippen molar-refractivity contribution in [2.45, 2.75) is 66.5 Å². The van der Waals surface area contributed by atoms with Crippen molar-refractivity contribution < 1.29 is 9.23 Å². The molecule has 0 spiro atoms. The molecule has 0 amide bonds. The molecule has 6 heteroatoms. The first-order valence-electron chi connectivity index (χ1n) is 11.7. The molecular weight excluding hydrogens is 403 g/mol. The van der Waals surface area contributed by atoms with Crippen molar-refractivity contribution in [3.63, 3.8) is 0 Å². The fraction of sp³-hybridized carbons (Fsp3) is 0.462. The Bertz CT molecular complexity index is 834. The average molecular weight is 443 g/mol. The molecule has 0 unspecified atom stereocenters. The summed E-state index contributed by atoms with van der Waals surface area (Å²) in [5.41, 5.74) is 6.41. The van der Waals surface area contributed by atoms with E-state index in [1.54, 1.807) is 6.07 Å². The lowest BCUT2D eigenvalue weighted by atomic mass is 10.1. The first-order valence-corrected chi connectivity index (χ1v) is 11.7. The van der Waals surface area contributed by atoms with Gasteiger partial charge in [0.15, 0.2) is 0 Å². The largest absolute Gasteiger partial charge is 0.347 e. The van der Waals surface area contributed by atoms with Gasteiger partial charge in [-0.3, -0.25) is 10.3 Å². The van der Waals surface area contributed by atoms with Crippen LogP contribution in [0.3, 0.4) is 0 Å². The van der Waals surface area contributed by atoms with Crippen LogP contribution in [0.2, 0.25) is 0 Å². The average Bonchev–Trinajstić information content (AvgIpc) is 3.24. The van der Waals surface area contributed by atoms with Crippen LogP contribution in [0.25, 0.3) is 5.70 Å². The molecule has 0 bridgehead atoms. The van der Waals surface area contributed by atoms with E-state index in [9.17, 15) is 4.39 Å². The van der Waals surface area contributed by atoms with Gasteiger partial charge in [0.2, 0.25) is 0 Å². The lowest BCUT2D eigenvalue weighted by Gasteiger charge is -2.24. The topological polar surface area (TPSA) is 48.6 Å². The molecule has 2 heterocycles. The quantitative estimate of drug-likeness (QED) is 0.460. The highest BCUT2D eigenvalue weighted by Crippen LogP contribution is 2.23. The number of nitrogens with zero attached hydrogens (tertiary/aromatic N) is 1. The van der Waals surface area contributed by atoms with E-state index < -0.39 is 0 Å². The van der Waals surface area contributed by atoms with Gasteiger partial charge in [0.25, 0.3) is 0 Å². The predicted octanol–water partition coefficient (Wildman–Crippen LogP) is 5.56. The number of benzene rings is 1. The minimum Gasteiger partial charge on any atom is -0.347 e. The van der Waals surface area contributed by atoms with E-state index in [0.29, 0.717) is 12.1 Å². The molecule has 0 aliphatic carbocycles. The molecule has 1 aromatic rings. The number of hydrogen-bond donors (Lipinski definition) is 3. The minimum absolute atomic E-state index is 0.172. The maximum Gasteiger partial charge on any atom is 0.128 e. The van der Waals surface area contributed by atoms with Crippen molar-refractivity contribution in [2.75, 3.05) is 13.1 Å². The van der Waals surface area contributed by atoms with Crippen molar-refractivity contribution in [3.8, 4) is 0 Å². The van der Waals surface area contributed by atoms with Crippen molar-refractivity contribution in [1.82, 2.24) is 21.0 Å². The number of halogens is 1. The molecule has 1 fully saturated rings. The Morgan fingerprint density at radius 2 is 2.00 bits per heavy atom. The molecule has 0 saturated carbocycles. The van der Waals surface area contributed by atoms with E-state index >= 15 is 0 Å². The Morgan fingerprint density at radius 3 is 2.66 bits per heavy atom. The van der Waals surface area contributed by atoms with Gasteiger partial charge in [-0.25, -0.2) is 4.39 Å². The monoisotopic (exact) mass is 442 g/mol. The van der Waals surface area contributed by atoms with E-state index in [1.165, 1.54) is 0 Å². The standard InChI is InChI=1S/C24H33FN4O.C2H6/c1-4-5-6-7-23-27-14-15-29(23)17-20-9-8-19(16-22(20)25)24(18(2)3)28-30-21-10-12-26-13-11-21;1-2/h5-9,14-16,21,26-28H,4,10-13,17H2,1-3H3;1-2H3/b6-5+,23-7+;. The van der Waals surface area contributed by atoms with Gasteiger partial charge in [0.05, 0.1) is 18.3 Å². The normalized spacial score (nSPS) is 17.3. The summed E-state index contributed by atoms with van der Waals surface area (Å²) < 4.78 is 15.0. The van der Waals surface area contributed by atoms with E-state index in [1.807, 2.05) is 69.3 Å². The van der Waals surface area contributed by atoms with Crippen LogP contribution in [0.1, 0.15) is 65.0 Å². The van der Waals surface area contributed by atoms with Crippen LogP contribution in [0, 0.1) is 5.82 Å². The summed E-state index contributed by atoms with van der Waals surface area (Å²) in [5.74, 6) is 0.712. The van der Waals surface area contributed by atoms with Gasteiger partial charge in [-0.1, -0.05) is 50.6 Å². The molecule has 176 valence electrons. The van der Waals surface area contributed by atoms with E-state index in [-0.39, 0.29) is 11.9 Å². The Labute approximate surface area is 193 Å². The summed E-state index contributed by atoms with van der Waals surface area (Å²) in [4.78, 5) is 7.89. The zero-order valence-corrected chi connectivity index (χ0v) is 20.2. The van der Waals surface area contributed by atoms with Crippen molar-refractivity contribution in [1.29, 1.82) is 0 Å². The maximum absolute atomic E-state index is 15.0. The van der Waals surface area contributed by atoms with Crippen LogP contribution < -0.4 is 16.1 Å². The summed E-state index contributed by atoms with van der Waals surface area (Å²) in [5, 5.41) is 6.52. The van der Waals surface area contributed by atoms with E-state index in [2.05, 4.69) is 29.1 Å². The summed E-state index contributed by atoms with van der Waals surface area (Å²) in [6.45, 7) is 12.5. The second-order valence-electron chi connectivity index (χ2n) is 7.83. The Kier molecular flexibility index (Phi) is 11.0. The summed E-state index contributed by atoms with van der Waals surface area (Å²) in [6, 6.07) is 5.39. The molecule has 2 aliphatic rings. The maximum atomic E-state index is 15.0. The second-order valence-corrected chi connectivity index (χ2v) is 7.83.